The number of rotatable bonds is 4. The van der Waals surface area contributed by atoms with Gasteiger partial charge < -0.3 is 10.4 Å². The summed E-state index contributed by atoms with van der Waals surface area (Å²) >= 11 is 0. The molecule has 1 saturated carbocycles. The average molecular weight is 223 g/mol. The Morgan fingerprint density at radius 1 is 1.50 bits per heavy atom. The standard InChI is InChI=1S/C12H14FNO2/c13-11-6-8(12(15)16)4-5-9(11)7-14-10-2-1-3-10/h4-6,10,14H,1-3,7H2,(H,15,16). The number of carbonyl (C=O) groups is 1. The van der Waals surface area contributed by atoms with Crippen LogP contribution in [0.2, 0.25) is 0 Å². The molecule has 0 heterocycles. The third-order valence-electron chi connectivity index (χ3n) is 2.99. The average Bonchev–Trinajstić information content (AvgIpc) is 2.17. The van der Waals surface area contributed by atoms with E-state index in [0.29, 0.717) is 18.2 Å². The third-order valence-corrected chi connectivity index (χ3v) is 2.99. The highest BCUT2D eigenvalue weighted by Gasteiger charge is 2.17. The summed E-state index contributed by atoms with van der Waals surface area (Å²) in [5.41, 5.74) is 0.516. The minimum Gasteiger partial charge on any atom is -0.478 e. The van der Waals surface area contributed by atoms with E-state index in [9.17, 15) is 9.18 Å². The van der Waals surface area contributed by atoms with Crippen LogP contribution in [0.25, 0.3) is 0 Å². The van der Waals surface area contributed by atoms with Gasteiger partial charge in [-0.25, -0.2) is 9.18 Å². The van der Waals surface area contributed by atoms with Crippen LogP contribution in [0.15, 0.2) is 18.2 Å². The van der Waals surface area contributed by atoms with E-state index in [0.717, 1.165) is 18.9 Å². The molecule has 0 amide bonds. The molecule has 0 radical (unpaired) electrons. The van der Waals surface area contributed by atoms with E-state index < -0.39 is 11.8 Å². The highest BCUT2D eigenvalue weighted by Crippen LogP contribution is 2.19. The normalized spacial score (nSPS) is 15.8. The Morgan fingerprint density at radius 2 is 2.25 bits per heavy atom. The van der Waals surface area contributed by atoms with Gasteiger partial charge in [-0.2, -0.15) is 0 Å². The lowest BCUT2D eigenvalue weighted by Crippen LogP contribution is -2.34. The summed E-state index contributed by atoms with van der Waals surface area (Å²) < 4.78 is 13.5. The van der Waals surface area contributed by atoms with E-state index in [-0.39, 0.29) is 5.56 Å². The number of halogens is 1. The van der Waals surface area contributed by atoms with Crippen LogP contribution in [0.1, 0.15) is 35.2 Å². The van der Waals surface area contributed by atoms with Crippen molar-refractivity contribution < 1.29 is 14.3 Å². The summed E-state index contributed by atoms with van der Waals surface area (Å²) in [6, 6.07) is 4.53. The summed E-state index contributed by atoms with van der Waals surface area (Å²) in [5, 5.41) is 11.9. The SMILES string of the molecule is O=C(O)c1ccc(CNC2CCC2)c(F)c1. The maximum absolute atomic E-state index is 13.5. The Labute approximate surface area is 93.3 Å². The van der Waals surface area contributed by atoms with Gasteiger partial charge in [0, 0.05) is 18.2 Å². The molecule has 86 valence electrons. The summed E-state index contributed by atoms with van der Waals surface area (Å²) in [4.78, 5) is 10.6. The predicted molar refractivity (Wildman–Crippen MR) is 57.8 cm³/mol. The van der Waals surface area contributed by atoms with Crippen molar-refractivity contribution in [2.24, 2.45) is 0 Å². The predicted octanol–water partition coefficient (Wildman–Crippen LogP) is 2.17. The molecule has 2 rings (SSSR count). The topological polar surface area (TPSA) is 49.3 Å². The molecule has 0 saturated heterocycles. The van der Waals surface area contributed by atoms with Crippen LogP contribution in [0.3, 0.4) is 0 Å². The summed E-state index contributed by atoms with van der Waals surface area (Å²) in [6.07, 6.45) is 3.53. The Hall–Kier alpha value is -1.42. The van der Waals surface area contributed by atoms with Crippen LogP contribution in [-0.4, -0.2) is 17.1 Å². The Balaban J connectivity index is 2.00. The van der Waals surface area contributed by atoms with Gasteiger partial charge in [-0.15, -0.1) is 0 Å². The van der Waals surface area contributed by atoms with Crippen molar-refractivity contribution in [2.75, 3.05) is 0 Å². The fourth-order valence-electron chi connectivity index (χ4n) is 1.69. The van der Waals surface area contributed by atoms with Gasteiger partial charge in [0.25, 0.3) is 0 Å². The van der Waals surface area contributed by atoms with Gasteiger partial charge in [0.05, 0.1) is 5.56 Å². The van der Waals surface area contributed by atoms with Crippen LogP contribution < -0.4 is 5.32 Å². The van der Waals surface area contributed by atoms with Crippen molar-refractivity contribution in [2.45, 2.75) is 31.8 Å². The molecule has 0 atom stereocenters. The van der Waals surface area contributed by atoms with Crippen LogP contribution in [-0.2, 0) is 6.54 Å². The zero-order valence-electron chi connectivity index (χ0n) is 8.87. The van der Waals surface area contributed by atoms with Crippen LogP contribution in [0, 0.1) is 5.82 Å². The van der Waals surface area contributed by atoms with E-state index in [1.165, 1.54) is 18.6 Å². The number of nitrogens with one attached hydrogen (secondary N) is 1. The number of hydrogen-bond donors (Lipinski definition) is 2. The number of carboxylic acid groups (broad SMARTS) is 1. The summed E-state index contributed by atoms with van der Waals surface area (Å²) in [5.74, 6) is -1.55. The molecule has 0 unspecified atom stereocenters. The Morgan fingerprint density at radius 3 is 2.75 bits per heavy atom. The molecule has 1 fully saturated rings. The van der Waals surface area contributed by atoms with Gasteiger partial charge in [0.1, 0.15) is 5.82 Å². The first-order valence-electron chi connectivity index (χ1n) is 5.42. The van der Waals surface area contributed by atoms with Crippen molar-refractivity contribution in [1.82, 2.24) is 5.32 Å². The largest absolute Gasteiger partial charge is 0.478 e. The molecule has 1 aliphatic rings. The highest BCUT2D eigenvalue weighted by atomic mass is 19.1. The molecule has 16 heavy (non-hydrogen) atoms. The maximum Gasteiger partial charge on any atom is 0.335 e. The summed E-state index contributed by atoms with van der Waals surface area (Å²) in [7, 11) is 0. The molecule has 0 spiro atoms. The fourth-order valence-corrected chi connectivity index (χ4v) is 1.69. The Bertz CT molecular complexity index is 402. The van der Waals surface area contributed by atoms with Gasteiger partial charge in [0.2, 0.25) is 0 Å². The second-order valence-electron chi connectivity index (χ2n) is 4.12. The van der Waals surface area contributed by atoms with Gasteiger partial charge in [-0.3, -0.25) is 0 Å². The molecule has 4 heteroatoms. The van der Waals surface area contributed by atoms with E-state index in [4.69, 9.17) is 5.11 Å². The third kappa shape index (κ3) is 2.39. The van der Waals surface area contributed by atoms with Gasteiger partial charge in [0.15, 0.2) is 0 Å². The second kappa shape index (κ2) is 4.61. The molecule has 1 aromatic carbocycles. The number of carboxylic acids is 1. The van der Waals surface area contributed by atoms with Crippen molar-refractivity contribution in [1.29, 1.82) is 0 Å². The molecule has 3 nitrogen and oxygen atoms in total. The van der Waals surface area contributed by atoms with Gasteiger partial charge >= 0.3 is 5.97 Å². The fraction of sp³-hybridized carbons (Fsp3) is 0.417. The smallest absolute Gasteiger partial charge is 0.335 e. The molecular weight excluding hydrogens is 209 g/mol. The van der Waals surface area contributed by atoms with Crippen LogP contribution >= 0.6 is 0 Å². The van der Waals surface area contributed by atoms with E-state index in [2.05, 4.69) is 5.32 Å². The van der Waals surface area contributed by atoms with Gasteiger partial charge in [-0.1, -0.05) is 12.5 Å². The minimum atomic E-state index is -1.10. The number of aromatic carboxylic acids is 1. The maximum atomic E-state index is 13.5. The molecule has 1 aliphatic carbocycles. The van der Waals surface area contributed by atoms with E-state index >= 15 is 0 Å². The molecule has 0 bridgehead atoms. The quantitative estimate of drug-likeness (QED) is 0.822. The second-order valence-corrected chi connectivity index (χ2v) is 4.12. The zero-order chi connectivity index (χ0) is 11.5. The van der Waals surface area contributed by atoms with Crippen molar-refractivity contribution >= 4 is 5.97 Å². The van der Waals surface area contributed by atoms with Gasteiger partial charge in [-0.05, 0) is 25.0 Å². The van der Waals surface area contributed by atoms with E-state index in [1.54, 1.807) is 0 Å². The molecular formula is C12H14FNO2. The first-order valence-corrected chi connectivity index (χ1v) is 5.42. The zero-order valence-corrected chi connectivity index (χ0v) is 8.87. The molecule has 0 aromatic heterocycles. The lowest BCUT2D eigenvalue weighted by atomic mass is 9.93. The lowest BCUT2D eigenvalue weighted by molar-refractivity contribution is 0.0696. The lowest BCUT2D eigenvalue weighted by Gasteiger charge is -2.26. The van der Waals surface area contributed by atoms with Crippen molar-refractivity contribution in [3.8, 4) is 0 Å². The van der Waals surface area contributed by atoms with E-state index in [1.807, 2.05) is 0 Å². The van der Waals surface area contributed by atoms with Crippen molar-refractivity contribution in [3.63, 3.8) is 0 Å². The first-order chi connectivity index (χ1) is 7.66. The Kier molecular flexibility index (Phi) is 3.19. The van der Waals surface area contributed by atoms with Crippen LogP contribution in [0.5, 0.6) is 0 Å². The highest BCUT2D eigenvalue weighted by molar-refractivity contribution is 5.87. The molecule has 0 aliphatic heterocycles. The molecule has 1 aromatic rings. The number of benzene rings is 1. The van der Waals surface area contributed by atoms with Crippen LogP contribution in [0.4, 0.5) is 4.39 Å². The minimum absolute atomic E-state index is 0.00936. The first kappa shape index (κ1) is 11.1. The monoisotopic (exact) mass is 223 g/mol. The molecule has 2 N–H and O–H groups in total. The van der Waals surface area contributed by atoms with Crippen molar-refractivity contribution in [3.05, 3.63) is 35.1 Å². The number of hydrogen-bond acceptors (Lipinski definition) is 2. The summed E-state index contributed by atoms with van der Waals surface area (Å²) in [6.45, 7) is 0.469.